The Balaban J connectivity index is 1.47. The third kappa shape index (κ3) is 4.83. The van der Waals surface area contributed by atoms with Crippen LogP contribution in [0, 0.1) is 0 Å². The monoisotopic (exact) mass is 411 g/mol. The van der Waals surface area contributed by atoms with Crippen LogP contribution in [0.1, 0.15) is 101 Å². The third-order valence-corrected chi connectivity index (χ3v) is 7.43. The van der Waals surface area contributed by atoms with Crippen LogP contribution in [0.25, 0.3) is 0 Å². The fourth-order valence-corrected chi connectivity index (χ4v) is 5.62. The first-order valence-corrected chi connectivity index (χ1v) is 12.3. The van der Waals surface area contributed by atoms with E-state index in [4.69, 9.17) is 4.98 Å². The van der Waals surface area contributed by atoms with Crippen molar-refractivity contribution < 1.29 is 0 Å². The van der Waals surface area contributed by atoms with Crippen LogP contribution in [0.15, 0.2) is 31.3 Å². The van der Waals surface area contributed by atoms with Crippen molar-refractivity contribution in [2.24, 2.45) is 0 Å². The Morgan fingerprint density at radius 2 is 2.03 bits per heavy atom. The Morgan fingerprint density at radius 1 is 1.23 bits per heavy atom. The molecule has 1 unspecified atom stereocenters. The number of hydrogen-bond donors (Lipinski definition) is 2. The fourth-order valence-electron chi connectivity index (χ4n) is 5.62. The highest BCUT2D eigenvalue weighted by atomic mass is 15.2. The van der Waals surface area contributed by atoms with E-state index in [2.05, 4.69) is 59.1 Å². The van der Waals surface area contributed by atoms with Gasteiger partial charge in [-0.2, -0.15) is 0 Å². The van der Waals surface area contributed by atoms with E-state index < -0.39 is 0 Å². The SMILES string of the molecule is C=CN(/C=C\C)C1CCC(c2cnc([C@H](CC3CCCCN3)NC)n2C2CC2)CC1. The summed E-state index contributed by atoms with van der Waals surface area (Å²) in [7, 11) is 2.11. The number of piperidine rings is 1. The number of imidazole rings is 1. The van der Waals surface area contributed by atoms with Gasteiger partial charge in [0.2, 0.25) is 0 Å². The average Bonchev–Trinajstić information content (AvgIpc) is 3.55. The van der Waals surface area contributed by atoms with Gasteiger partial charge < -0.3 is 20.1 Å². The summed E-state index contributed by atoms with van der Waals surface area (Å²) in [4.78, 5) is 7.32. The van der Waals surface area contributed by atoms with Gasteiger partial charge in [-0.25, -0.2) is 4.98 Å². The molecule has 1 aromatic heterocycles. The minimum absolute atomic E-state index is 0.345. The van der Waals surface area contributed by atoms with Crippen molar-refractivity contribution in [1.82, 2.24) is 25.1 Å². The first kappa shape index (κ1) is 21.6. The number of hydrogen-bond acceptors (Lipinski definition) is 4. The lowest BCUT2D eigenvalue weighted by Crippen LogP contribution is -2.37. The van der Waals surface area contributed by atoms with Gasteiger partial charge in [0.1, 0.15) is 5.82 Å². The lowest BCUT2D eigenvalue weighted by Gasteiger charge is -2.35. The molecule has 4 rings (SSSR count). The molecule has 1 saturated heterocycles. The summed E-state index contributed by atoms with van der Waals surface area (Å²) in [6.07, 6.45) is 21.2. The molecule has 3 aliphatic rings. The van der Waals surface area contributed by atoms with Crippen molar-refractivity contribution >= 4 is 0 Å². The van der Waals surface area contributed by atoms with Crippen LogP contribution >= 0.6 is 0 Å². The fraction of sp³-hybridized carbons (Fsp3) is 0.720. The minimum Gasteiger partial charge on any atom is -0.352 e. The lowest BCUT2D eigenvalue weighted by molar-refractivity contribution is 0.255. The summed E-state index contributed by atoms with van der Waals surface area (Å²) in [5.41, 5.74) is 1.50. The Kier molecular flexibility index (Phi) is 7.32. The molecular weight excluding hydrogens is 370 g/mol. The second kappa shape index (κ2) is 10.1. The van der Waals surface area contributed by atoms with E-state index in [0.717, 1.165) is 6.42 Å². The van der Waals surface area contributed by atoms with Crippen LogP contribution in [0.5, 0.6) is 0 Å². The van der Waals surface area contributed by atoms with Gasteiger partial charge in [0.15, 0.2) is 0 Å². The van der Waals surface area contributed by atoms with E-state index in [9.17, 15) is 0 Å². The second-order valence-electron chi connectivity index (χ2n) is 9.48. The lowest BCUT2D eigenvalue weighted by atomic mass is 9.83. The Bertz CT molecular complexity index is 705. The van der Waals surface area contributed by atoms with E-state index in [1.807, 2.05) is 6.20 Å². The summed E-state index contributed by atoms with van der Waals surface area (Å²) in [5, 5.41) is 7.32. The number of rotatable bonds is 9. The largest absolute Gasteiger partial charge is 0.352 e. The van der Waals surface area contributed by atoms with Crippen molar-refractivity contribution in [3.8, 4) is 0 Å². The van der Waals surface area contributed by atoms with Gasteiger partial charge >= 0.3 is 0 Å². The van der Waals surface area contributed by atoms with Crippen LogP contribution < -0.4 is 10.6 Å². The van der Waals surface area contributed by atoms with Crippen LogP contribution in [0.3, 0.4) is 0 Å². The molecule has 2 heterocycles. The van der Waals surface area contributed by atoms with E-state index in [1.165, 1.54) is 75.9 Å². The van der Waals surface area contributed by atoms with E-state index in [0.29, 0.717) is 30.1 Å². The van der Waals surface area contributed by atoms with E-state index in [1.54, 1.807) is 0 Å². The highest BCUT2D eigenvalue weighted by Gasteiger charge is 2.35. The van der Waals surface area contributed by atoms with Gasteiger partial charge in [0.25, 0.3) is 0 Å². The van der Waals surface area contributed by atoms with Gasteiger partial charge in [-0.05, 0) is 90.7 Å². The molecule has 0 radical (unpaired) electrons. The average molecular weight is 412 g/mol. The van der Waals surface area contributed by atoms with Gasteiger partial charge in [0.05, 0.1) is 6.04 Å². The van der Waals surface area contributed by atoms with E-state index >= 15 is 0 Å². The van der Waals surface area contributed by atoms with Crippen molar-refractivity contribution in [3.63, 3.8) is 0 Å². The van der Waals surface area contributed by atoms with Crippen LogP contribution in [0.2, 0.25) is 0 Å². The van der Waals surface area contributed by atoms with E-state index in [-0.39, 0.29) is 0 Å². The predicted octanol–water partition coefficient (Wildman–Crippen LogP) is 5.02. The molecule has 5 nitrogen and oxygen atoms in total. The maximum Gasteiger partial charge on any atom is 0.126 e. The summed E-state index contributed by atoms with van der Waals surface area (Å²) in [5.74, 6) is 1.93. The maximum absolute atomic E-state index is 5.02. The standard InChI is InChI=1S/C25H41N5/c1-4-16-29(5-2)21-11-9-19(10-12-21)24-18-28-25(30(24)22-13-14-22)23(26-3)17-20-8-6-7-15-27-20/h4-5,16,18-23,26-27H,2,6-15,17H2,1,3H3/b16-4-/t19?,20?,21?,23-/m0/s1. The molecular formula is C25H41N5. The molecule has 0 aromatic carbocycles. The number of allylic oxidation sites excluding steroid dienone is 1. The smallest absolute Gasteiger partial charge is 0.126 e. The highest BCUT2D eigenvalue weighted by molar-refractivity contribution is 5.18. The molecule has 0 bridgehead atoms. The van der Waals surface area contributed by atoms with Crippen molar-refractivity contribution in [2.75, 3.05) is 13.6 Å². The third-order valence-electron chi connectivity index (χ3n) is 7.43. The Labute approximate surface area is 183 Å². The molecule has 166 valence electrons. The first-order valence-electron chi connectivity index (χ1n) is 12.3. The zero-order valence-corrected chi connectivity index (χ0v) is 19.0. The zero-order chi connectivity index (χ0) is 20.9. The van der Waals surface area contributed by atoms with Gasteiger partial charge in [-0.15, -0.1) is 0 Å². The summed E-state index contributed by atoms with van der Waals surface area (Å²) < 4.78 is 2.65. The quantitative estimate of drug-likeness (QED) is 0.599. The first-order chi connectivity index (χ1) is 14.7. The maximum atomic E-state index is 5.02. The van der Waals surface area contributed by atoms with Crippen LogP contribution in [-0.2, 0) is 0 Å². The number of aromatic nitrogens is 2. The molecule has 1 aliphatic heterocycles. The molecule has 2 saturated carbocycles. The molecule has 2 atom stereocenters. The molecule has 0 amide bonds. The van der Waals surface area contributed by atoms with Crippen molar-refractivity contribution in [3.05, 3.63) is 42.8 Å². The number of nitrogens with one attached hydrogen (secondary N) is 2. The number of nitrogens with zero attached hydrogens (tertiary/aromatic N) is 3. The van der Waals surface area contributed by atoms with Crippen LogP contribution in [0.4, 0.5) is 0 Å². The Hall–Kier alpha value is -1.59. The Morgan fingerprint density at radius 3 is 2.63 bits per heavy atom. The van der Waals surface area contributed by atoms with Crippen molar-refractivity contribution in [1.29, 1.82) is 0 Å². The summed E-state index contributed by atoms with van der Waals surface area (Å²) in [6, 6.07) is 2.24. The van der Waals surface area contributed by atoms with Crippen molar-refractivity contribution in [2.45, 2.75) is 101 Å². The molecule has 2 N–H and O–H groups in total. The zero-order valence-electron chi connectivity index (χ0n) is 19.0. The highest BCUT2D eigenvalue weighted by Crippen LogP contribution is 2.43. The molecule has 0 spiro atoms. The second-order valence-corrected chi connectivity index (χ2v) is 9.48. The summed E-state index contributed by atoms with van der Waals surface area (Å²) in [6.45, 7) is 7.26. The molecule has 2 aliphatic carbocycles. The molecule has 3 fully saturated rings. The molecule has 1 aromatic rings. The normalized spacial score (nSPS) is 28.5. The predicted molar refractivity (Wildman–Crippen MR) is 124 cm³/mol. The minimum atomic E-state index is 0.345. The topological polar surface area (TPSA) is 45.1 Å². The van der Waals surface area contributed by atoms with Crippen LogP contribution in [-0.4, -0.2) is 40.1 Å². The molecule has 5 heteroatoms. The van der Waals surface area contributed by atoms with Gasteiger partial charge in [-0.1, -0.05) is 19.1 Å². The molecule has 30 heavy (non-hydrogen) atoms. The van der Waals surface area contributed by atoms with Gasteiger partial charge in [-0.3, -0.25) is 0 Å². The summed E-state index contributed by atoms with van der Waals surface area (Å²) >= 11 is 0. The van der Waals surface area contributed by atoms with Gasteiger partial charge in [0, 0.05) is 35.9 Å².